The van der Waals surface area contributed by atoms with Crippen LogP contribution < -0.4 is 10.5 Å². The summed E-state index contributed by atoms with van der Waals surface area (Å²) in [5.74, 6) is -0.643. The molecular formula is C21H19ClN2O4. The van der Waals surface area contributed by atoms with Crippen molar-refractivity contribution in [2.24, 2.45) is 5.73 Å². The molecular weight excluding hydrogens is 380 g/mol. The van der Waals surface area contributed by atoms with Crippen molar-refractivity contribution >= 4 is 34.4 Å². The van der Waals surface area contributed by atoms with E-state index < -0.39 is 11.9 Å². The van der Waals surface area contributed by atoms with E-state index >= 15 is 0 Å². The number of nitrogens with two attached hydrogens (primary N) is 1. The van der Waals surface area contributed by atoms with E-state index in [-0.39, 0.29) is 13.2 Å². The van der Waals surface area contributed by atoms with Crippen LogP contribution in [0.4, 0.5) is 0 Å². The number of primary amides is 1. The monoisotopic (exact) mass is 398 g/mol. The molecule has 0 aliphatic heterocycles. The highest BCUT2D eigenvalue weighted by Crippen LogP contribution is 2.25. The van der Waals surface area contributed by atoms with E-state index in [1.165, 1.54) is 0 Å². The molecule has 3 rings (SSSR count). The van der Waals surface area contributed by atoms with Crippen LogP contribution in [0, 0.1) is 13.8 Å². The normalized spacial score (nSPS) is 10.7. The zero-order chi connectivity index (χ0) is 20.3. The summed E-state index contributed by atoms with van der Waals surface area (Å²) in [7, 11) is 0. The van der Waals surface area contributed by atoms with E-state index in [0.717, 1.165) is 22.0 Å². The van der Waals surface area contributed by atoms with Crippen LogP contribution >= 0.6 is 11.6 Å². The van der Waals surface area contributed by atoms with Crippen LogP contribution in [-0.4, -0.2) is 23.5 Å². The van der Waals surface area contributed by atoms with E-state index in [0.29, 0.717) is 22.0 Å². The molecule has 0 saturated carbocycles. The molecule has 1 amide bonds. The molecule has 1 heterocycles. The number of carbonyl (C=O) groups excluding carboxylic acids is 2. The first-order valence-electron chi connectivity index (χ1n) is 8.59. The summed E-state index contributed by atoms with van der Waals surface area (Å²) in [5, 5.41) is 1.25. The van der Waals surface area contributed by atoms with Crippen molar-refractivity contribution in [3.63, 3.8) is 0 Å². The number of esters is 1. The molecule has 0 spiro atoms. The average Bonchev–Trinajstić information content (AvgIpc) is 2.68. The van der Waals surface area contributed by atoms with Gasteiger partial charge in [0.15, 0.2) is 6.61 Å². The van der Waals surface area contributed by atoms with Gasteiger partial charge in [0.2, 0.25) is 0 Å². The Balaban J connectivity index is 1.69. The third kappa shape index (κ3) is 4.40. The van der Waals surface area contributed by atoms with Crippen LogP contribution in [0.5, 0.6) is 5.75 Å². The molecule has 0 fully saturated rings. The molecule has 0 atom stereocenters. The highest BCUT2D eigenvalue weighted by Gasteiger charge is 2.12. The number of ether oxygens (including phenoxy) is 2. The van der Waals surface area contributed by atoms with Gasteiger partial charge in [-0.3, -0.25) is 4.79 Å². The molecule has 7 heteroatoms. The largest absolute Gasteiger partial charge is 0.484 e. The number of aromatic nitrogens is 1. The first-order valence-corrected chi connectivity index (χ1v) is 8.96. The lowest BCUT2D eigenvalue weighted by atomic mass is 10.0. The minimum atomic E-state index is -0.574. The number of pyridine rings is 1. The molecule has 0 saturated heterocycles. The van der Waals surface area contributed by atoms with Crippen LogP contribution in [-0.2, 0) is 16.1 Å². The fourth-order valence-electron chi connectivity index (χ4n) is 2.67. The van der Waals surface area contributed by atoms with Gasteiger partial charge in [0.25, 0.3) is 5.91 Å². The summed E-state index contributed by atoms with van der Waals surface area (Å²) in [6, 6.07) is 12.1. The summed E-state index contributed by atoms with van der Waals surface area (Å²) in [4.78, 5) is 27.4. The Morgan fingerprint density at radius 3 is 2.50 bits per heavy atom. The number of hydrogen-bond acceptors (Lipinski definition) is 5. The van der Waals surface area contributed by atoms with E-state index in [9.17, 15) is 9.59 Å². The van der Waals surface area contributed by atoms with Crippen LogP contribution in [0.25, 0.3) is 10.9 Å². The van der Waals surface area contributed by atoms with Gasteiger partial charge in [-0.1, -0.05) is 23.7 Å². The smallest absolute Gasteiger partial charge is 0.338 e. The quantitative estimate of drug-likeness (QED) is 0.504. The fraction of sp³-hybridized carbons (Fsp3) is 0.190. The van der Waals surface area contributed by atoms with Crippen LogP contribution in [0.15, 0.2) is 42.5 Å². The number of carbonyl (C=O) groups is 2. The van der Waals surface area contributed by atoms with Crippen LogP contribution in [0.3, 0.4) is 0 Å². The minimum absolute atomic E-state index is 0.00740. The Kier molecular flexibility index (Phi) is 5.80. The zero-order valence-electron chi connectivity index (χ0n) is 15.5. The molecule has 0 aliphatic rings. The molecule has 0 bridgehead atoms. The predicted molar refractivity (Wildman–Crippen MR) is 106 cm³/mol. The van der Waals surface area contributed by atoms with Crippen molar-refractivity contribution in [3.05, 3.63) is 69.9 Å². The van der Waals surface area contributed by atoms with E-state index in [4.69, 9.17) is 26.8 Å². The number of halogens is 1. The van der Waals surface area contributed by atoms with Gasteiger partial charge in [-0.25, -0.2) is 9.78 Å². The molecule has 0 aliphatic carbocycles. The molecule has 2 aromatic carbocycles. The summed E-state index contributed by atoms with van der Waals surface area (Å²) in [6.45, 7) is 3.80. The van der Waals surface area contributed by atoms with Crippen molar-refractivity contribution in [2.45, 2.75) is 20.5 Å². The van der Waals surface area contributed by atoms with Gasteiger partial charge in [0.1, 0.15) is 17.5 Å². The number of nitrogens with zero attached hydrogens (tertiary/aromatic N) is 1. The first kappa shape index (κ1) is 19.6. The lowest BCUT2D eigenvalue weighted by Gasteiger charge is -2.10. The zero-order valence-corrected chi connectivity index (χ0v) is 16.2. The van der Waals surface area contributed by atoms with Gasteiger partial charge in [0.05, 0.1) is 11.1 Å². The second kappa shape index (κ2) is 8.27. The van der Waals surface area contributed by atoms with E-state index in [1.807, 2.05) is 32.0 Å². The number of aryl methyl sites for hydroxylation is 2. The average molecular weight is 399 g/mol. The molecule has 2 N–H and O–H groups in total. The molecule has 28 heavy (non-hydrogen) atoms. The first-order chi connectivity index (χ1) is 13.3. The van der Waals surface area contributed by atoms with Gasteiger partial charge < -0.3 is 15.2 Å². The van der Waals surface area contributed by atoms with Crippen LogP contribution in [0.1, 0.15) is 27.0 Å². The minimum Gasteiger partial charge on any atom is -0.484 e. The number of benzene rings is 2. The third-order valence-corrected chi connectivity index (χ3v) is 4.69. The summed E-state index contributed by atoms with van der Waals surface area (Å²) in [5.41, 5.74) is 9.05. The lowest BCUT2D eigenvalue weighted by Crippen LogP contribution is -2.20. The maximum absolute atomic E-state index is 12.3. The summed E-state index contributed by atoms with van der Waals surface area (Å²) >= 11 is 6.28. The molecule has 0 radical (unpaired) electrons. The Labute approximate surface area is 167 Å². The van der Waals surface area contributed by atoms with Crippen molar-refractivity contribution in [1.29, 1.82) is 0 Å². The predicted octanol–water partition coefficient (Wildman–Crippen LogP) is 3.73. The molecule has 3 aromatic rings. The highest BCUT2D eigenvalue weighted by atomic mass is 35.5. The molecule has 0 unspecified atom stereocenters. The van der Waals surface area contributed by atoms with Crippen molar-refractivity contribution in [3.8, 4) is 5.75 Å². The van der Waals surface area contributed by atoms with Gasteiger partial charge in [-0.05, 0) is 55.3 Å². The Bertz CT molecular complexity index is 1050. The van der Waals surface area contributed by atoms with E-state index in [2.05, 4.69) is 4.98 Å². The summed E-state index contributed by atoms with van der Waals surface area (Å²) in [6.07, 6.45) is 0. The summed E-state index contributed by atoms with van der Waals surface area (Å²) < 4.78 is 10.5. The molecule has 6 nitrogen and oxygen atoms in total. The van der Waals surface area contributed by atoms with Gasteiger partial charge in [-0.15, -0.1) is 0 Å². The number of rotatable bonds is 6. The van der Waals surface area contributed by atoms with Crippen molar-refractivity contribution < 1.29 is 19.1 Å². The number of amides is 1. The highest BCUT2D eigenvalue weighted by molar-refractivity contribution is 6.30. The molecule has 1 aromatic heterocycles. The lowest BCUT2D eigenvalue weighted by molar-refractivity contribution is -0.119. The van der Waals surface area contributed by atoms with Crippen molar-refractivity contribution in [1.82, 2.24) is 4.98 Å². The van der Waals surface area contributed by atoms with Crippen molar-refractivity contribution in [2.75, 3.05) is 6.61 Å². The second-order valence-corrected chi connectivity index (χ2v) is 6.73. The maximum Gasteiger partial charge on any atom is 0.338 e. The Hall–Kier alpha value is -3.12. The Morgan fingerprint density at radius 2 is 1.82 bits per heavy atom. The SMILES string of the molecule is Cc1ccc2cc(COC(=O)c3ccc(OCC(N)=O)cc3)c(Cl)nc2c1C. The van der Waals surface area contributed by atoms with Gasteiger partial charge >= 0.3 is 5.97 Å². The maximum atomic E-state index is 12.3. The number of fused-ring (bicyclic) bond motifs is 1. The number of hydrogen-bond donors (Lipinski definition) is 1. The Morgan fingerprint density at radius 1 is 1.11 bits per heavy atom. The third-order valence-electron chi connectivity index (χ3n) is 4.37. The standard InChI is InChI=1S/C21H19ClN2O4/c1-12-3-4-15-9-16(20(22)24-19(15)13(12)2)10-28-21(26)14-5-7-17(8-6-14)27-11-18(23)25/h3-9H,10-11H2,1-2H3,(H2,23,25). The fourth-order valence-corrected chi connectivity index (χ4v) is 2.87. The molecule has 144 valence electrons. The van der Waals surface area contributed by atoms with Crippen LogP contribution in [0.2, 0.25) is 5.15 Å². The van der Waals surface area contributed by atoms with E-state index in [1.54, 1.807) is 24.3 Å². The van der Waals surface area contributed by atoms with Gasteiger partial charge in [-0.2, -0.15) is 0 Å². The topological polar surface area (TPSA) is 91.5 Å². The van der Waals surface area contributed by atoms with Gasteiger partial charge in [0, 0.05) is 10.9 Å². The second-order valence-electron chi connectivity index (χ2n) is 6.37.